The van der Waals surface area contributed by atoms with Crippen molar-refractivity contribution >= 4 is 29.1 Å². The topological polar surface area (TPSA) is 58.6 Å². The molecule has 2 heterocycles. The number of halogens is 1. The second-order valence-electron chi connectivity index (χ2n) is 6.32. The summed E-state index contributed by atoms with van der Waals surface area (Å²) in [4.78, 5) is 27.1. The van der Waals surface area contributed by atoms with E-state index in [0.29, 0.717) is 29.2 Å². The van der Waals surface area contributed by atoms with Crippen LogP contribution < -0.4 is 5.32 Å². The molecule has 2 aliphatic rings. The molecule has 0 bridgehead atoms. The van der Waals surface area contributed by atoms with Crippen molar-refractivity contribution in [1.82, 2.24) is 4.90 Å². The number of anilines is 1. The minimum absolute atomic E-state index is 0.110. The third-order valence-electron chi connectivity index (χ3n) is 4.84. The first-order valence-corrected chi connectivity index (χ1v) is 8.49. The van der Waals surface area contributed by atoms with Crippen molar-refractivity contribution in [3.63, 3.8) is 0 Å². The van der Waals surface area contributed by atoms with Gasteiger partial charge in [-0.3, -0.25) is 9.59 Å². The van der Waals surface area contributed by atoms with Crippen LogP contribution in [0.3, 0.4) is 0 Å². The Bertz CT molecular complexity index is 850. The van der Waals surface area contributed by atoms with Gasteiger partial charge in [-0.25, -0.2) is 0 Å². The number of carbonyl (C=O) groups is 2. The highest BCUT2D eigenvalue weighted by Gasteiger charge is 2.42. The quantitative estimate of drug-likeness (QED) is 0.899. The van der Waals surface area contributed by atoms with Crippen LogP contribution in [0.5, 0.6) is 0 Å². The summed E-state index contributed by atoms with van der Waals surface area (Å²) in [6.45, 7) is 0.429. The number of fused-ring (bicyclic) bond motifs is 2. The van der Waals surface area contributed by atoms with E-state index in [-0.39, 0.29) is 17.9 Å². The molecule has 0 aliphatic carbocycles. The molecule has 2 aliphatic heterocycles. The SMILES string of the molecule is CO[C@@H]1C[C@H]2C(=O)Nc3ccc(-c4ccc(Cl)cc4)cc3C(=O)N2C1. The van der Waals surface area contributed by atoms with Crippen LogP contribution in [0.2, 0.25) is 5.02 Å². The molecule has 2 aromatic carbocycles. The number of ether oxygens (including phenoxy) is 1. The summed E-state index contributed by atoms with van der Waals surface area (Å²) in [5.41, 5.74) is 2.92. The van der Waals surface area contributed by atoms with E-state index in [4.69, 9.17) is 16.3 Å². The number of nitrogens with zero attached hydrogens (tertiary/aromatic N) is 1. The zero-order valence-corrected chi connectivity index (χ0v) is 14.4. The first kappa shape index (κ1) is 16.1. The Hall–Kier alpha value is -2.37. The van der Waals surface area contributed by atoms with E-state index in [1.807, 2.05) is 36.4 Å². The van der Waals surface area contributed by atoms with E-state index < -0.39 is 6.04 Å². The number of hydrogen-bond donors (Lipinski definition) is 1. The smallest absolute Gasteiger partial charge is 0.256 e. The molecule has 1 N–H and O–H groups in total. The van der Waals surface area contributed by atoms with Gasteiger partial charge in [0, 0.05) is 25.1 Å². The summed E-state index contributed by atoms with van der Waals surface area (Å²) in [6.07, 6.45) is 0.409. The van der Waals surface area contributed by atoms with Gasteiger partial charge in [-0.05, 0) is 35.4 Å². The van der Waals surface area contributed by atoms with Gasteiger partial charge in [0.25, 0.3) is 5.91 Å². The lowest BCUT2D eigenvalue weighted by molar-refractivity contribution is -0.119. The van der Waals surface area contributed by atoms with E-state index in [0.717, 1.165) is 11.1 Å². The molecule has 0 spiro atoms. The minimum Gasteiger partial charge on any atom is -0.380 e. The third kappa shape index (κ3) is 2.79. The van der Waals surface area contributed by atoms with Gasteiger partial charge in [-0.1, -0.05) is 29.8 Å². The van der Waals surface area contributed by atoms with E-state index in [2.05, 4.69) is 5.32 Å². The van der Waals surface area contributed by atoms with Crippen LogP contribution in [-0.4, -0.2) is 42.5 Å². The number of rotatable bonds is 2. The van der Waals surface area contributed by atoms with Crippen molar-refractivity contribution in [2.75, 3.05) is 19.0 Å². The number of nitrogens with one attached hydrogen (secondary N) is 1. The molecule has 1 saturated heterocycles. The predicted octanol–water partition coefficient (Wildman–Crippen LogP) is 3.19. The molecule has 2 atom stereocenters. The Morgan fingerprint density at radius 3 is 2.56 bits per heavy atom. The summed E-state index contributed by atoms with van der Waals surface area (Å²) >= 11 is 5.94. The number of hydrogen-bond acceptors (Lipinski definition) is 3. The molecule has 5 nitrogen and oxygen atoms in total. The average Bonchev–Trinajstić information content (AvgIpc) is 3.03. The van der Waals surface area contributed by atoms with E-state index >= 15 is 0 Å². The second-order valence-corrected chi connectivity index (χ2v) is 6.76. The van der Waals surface area contributed by atoms with Crippen LogP contribution in [0.25, 0.3) is 11.1 Å². The summed E-state index contributed by atoms with van der Waals surface area (Å²) in [5, 5.41) is 3.54. The molecule has 128 valence electrons. The van der Waals surface area contributed by atoms with Crippen LogP contribution >= 0.6 is 11.6 Å². The lowest BCUT2D eigenvalue weighted by Gasteiger charge is -2.20. The highest BCUT2D eigenvalue weighted by Crippen LogP contribution is 2.32. The highest BCUT2D eigenvalue weighted by molar-refractivity contribution is 6.30. The number of amides is 2. The van der Waals surface area contributed by atoms with Gasteiger partial charge >= 0.3 is 0 Å². The minimum atomic E-state index is -0.483. The third-order valence-corrected chi connectivity index (χ3v) is 5.10. The Labute approximate surface area is 150 Å². The molecule has 0 unspecified atom stereocenters. The normalized spacial score (nSPS) is 22.2. The van der Waals surface area contributed by atoms with Gasteiger partial charge in [0.1, 0.15) is 6.04 Å². The fourth-order valence-electron chi connectivity index (χ4n) is 3.46. The van der Waals surface area contributed by atoms with Crippen molar-refractivity contribution < 1.29 is 14.3 Å². The summed E-state index contributed by atoms with van der Waals surface area (Å²) in [6, 6.07) is 12.5. The van der Waals surface area contributed by atoms with Gasteiger partial charge in [-0.2, -0.15) is 0 Å². The Balaban J connectivity index is 1.75. The first-order valence-electron chi connectivity index (χ1n) is 8.11. The van der Waals surface area contributed by atoms with E-state index in [1.165, 1.54) is 0 Å². The van der Waals surface area contributed by atoms with Gasteiger partial charge in [0.2, 0.25) is 5.91 Å². The van der Waals surface area contributed by atoms with Crippen LogP contribution in [0, 0.1) is 0 Å². The van der Waals surface area contributed by atoms with Gasteiger partial charge in [-0.15, -0.1) is 0 Å². The van der Waals surface area contributed by atoms with Crippen molar-refractivity contribution in [2.24, 2.45) is 0 Å². The molecule has 4 rings (SSSR count). The molecule has 2 aromatic rings. The molecule has 1 fully saturated rings. The molecule has 6 heteroatoms. The second kappa shape index (κ2) is 6.17. The highest BCUT2D eigenvalue weighted by atomic mass is 35.5. The standard InChI is InChI=1S/C19H17ClN2O3/c1-25-14-9-17-18(23)21-16-7-4-12(11-2-5-13(20)6-3-11)8-15(16)19(24)22(17)10-14/h2-8,14,17H,9-10H2,1H3,(H,21,23)/t14-,17+/m1/s1. The molecular weight excluding hydrogens is 340 g/mol. The van der Waals surface area contributed by atoms with Crippen molar-refractivity contribution in [3.05, 3.63) is 53.1 Å². The maximum absolute atomic E-state index is 13.0. The molecule has 0 radical (unpaired) electrons. The summed E-state index contributed by atoms with van der Waals surface area (Å²) in [7, 11) is 1.60. The van der Waals surface area contributed by atoms with Crippen LogP contribution in [-0.2, 0) is 9.53 Å². The molecule has 0 saturated carbocycles. The Morgan fingerprint density at radius 2 is 1.84 bits per heavy atom. The fraction of sp³-hybridized carbons (Fsp3) is 0.263. The zero-order chi connectivity index (χ0) is 17.6. The summed E-state index contributed by atoms with van der Waals surface area (Å²) in [5.74, 6) is -0.306. The lowest BCUT2D eigenvalue weighted by atomic mass is 10.0. The largest absolute Gasteiger partial charge is 0.380 e. The zero-order valence-electron chi connectivity index (χ0n) is 13.7. The van der Waals surface area contributed by atoms with Crippen LogP contribution in [0.1, 0.15) is 16.8 Å². The Kier molecular flexibility index (Phi) is 3.98. The molecule has 25 heavy (non-hydrogen) atoms. The maximum atomic E-state index is 13.0. The van der Waals surface area contributed by atoms with E-state index in [1.54, 1.807) is 18.1 Å². The predicted molar refractivity (Wildman–Crippen MR) is 95.8 cm³/mol. The molecule has 0 aromatic heterocycles. The monoisotopic (exact) mass is 356 g/mol. The van der Waals surface area contributed by atoms with E-state index in [9.17, 15) is 9.59 Å². The van der Waals surface area contributed by atoms with Crippen molar-refractivity contribution in [1.29, 1.82) is 0 Å². The number of carbonyl (C=O) groups excluding carboxylic acids is 2. The van der Waals surface area contributed by atoms with Gasteiger partial charge in [0.15, 0.2) is 0 Å². The number of methoxy groups -OCH3 is 1. The average molecular weight is 357 g/mol. The number of benzene rings is 2. The Morgan fingerprint density at radius 1 is 1.12 bits per heavy atom. The molecular formula is C19H17ClN2O3. The van der Waals surface area contributed by atoms with Crippen molar-refractivity contribution in [2.45, 2.75) is 18.6 Å². The fourth-order valence-corrected chi connectivity index (χ4v) is 3.59. The van der Waals surface area contributed by atoms with Gasteiger partial charge in [0.05, 0.1) is 17.4 Å². The molecule has 2 amide bonds. The van der Waals surface area contributed by atoms with Gasteiger partial charge < -0.3 is 15.0 Å². The van der Waals surface area contributed by atoms with Crippen LogP contribution in [0.4, 0.5) is 5.69 Å². The summed E-state index contributed by atoms with van der Waals surface area (Å²) < 4.78 is 5.35. The maximum Gasteiger partial charge on any atom is 0.256 e. The van der Waals surface area contributed by atoms with Crippen molar-refractivity contribution in [3.8, 4) is 11.1 Å². The first-order chi connectivity index (χ1) is 12.1. The van der Waals surface area contributed by atoms with Crippen LogP contribution in [0.15, 0.2) is 42.5 Å². The lowest BCUT2D eigenvalue weighted by Crippen LogP contribution is -2.40.